The van der Waals surface area contributed by atoms with E-state index in [0.717, 1.165) is 11.4 Å². The second-order valence-corrected chi connectivity index (χ2v) is 5.70. The van der Waals surface area contributed by atoms with E-state index in [0.29, 0.717) is 30.8 Å². The Bertz CT molecular complexity index is 870. The van der Waals surface area contributed by atoms with Crippen molar-refractivity contribution < 1.29 is 9.18 Å². The molecule has 0 aliphatic carbocycles. The molecule has 0 aliphatic rings. The molecule has 2 aromatic heterocycles. The van der Waals surface area contributed by atoms with E-state index in [1.165, 1.54) is 6.07 Å². The molecule has 132 valence electrons. The van der Waals surface area contributed by atoms with Crippen molar-refractivity contribution in [2.45, 2.75) is 13.0 Å². The number of halogens is 1. The third-order valence-corrected chi connectivity index (χ3v) is 3.83. The minimum atomic E-state index is -0.289. The van der Waals surface area contributed by atoms with Crippen LogP contribution in [0, 0.1) is 5.82 Å². The lowest BCUT2D eigenvalue weighted by Gasteiger charge is -2.08. The van der Waals surface area contributed by atoms with E-state index in [-0.39, 0.29) is 11.7 Å². The van der Waals surface area contributed by atoms with Crippen molar-refractivity contribution in [2.24, 2.45) is 0 Å². The lowest BCUT2D eigenvalue weighted by Crippen LogP contribution is -2.26. The van der Waals surface area contributed by atoms with Crippen molar-refractivity contribution in [3.63, 3.8) is 0 Å². The topological polar surface area (TPSA) is 66.9 Å². The largest absolute Gasteiger partial charge is 0.379 e. The molecule has 0 fully saturated rings. The average molecular weight is 350 g/mol. The molecule has 0 saturated heterocycles. The van der Waals surface area contributed by atoms with E-state index < -0.39 is 0 Å². The zero-order chi connectivity index (χ0) is 18.2. The molecule has 0 aliphatic heterocycles. The Hall–Kier alpha value is -3.28. The number of benzene rings is 1. The first kappa shape index (κ1) is 17.5. The molecule has 0 unspecified atom stereocenters. The Kier molecular flexibility index (Phi) is 5.88. The number of nitrogens with zero attached hydrogens (tertiary/aromatic N) is 2. The van der Waals surface area contributed by atoms with E-state index in [9.17, 15) is 9.18 Å². The summed E-state index contributed by atoms with van der Waals surface area (Å²) in [6.45, 7) is 0.895. The van der Waals surface area contributed by atoms with Gasteiger partial charge in [0.2, 0.25) is 0 Å². The van der Waals surface area contributed by atoms with Crippen molar-refractivity contribution in [1.29, 1.82) is 0 Å². The summed E-state index contributed by atoms with van der Waals surface area (Å²) < 4.78 is 13.6. The van der Waals surface area contributed by atoms with E-state index in [4.69, 9.17) is 0 Å². The number of hydrogen-bond acceptors (Lipinski definition) is 4. The van der Waals surface area contributed by atoms with Gasteiger partial charge in [0.25, 0.3) is 5.91 Å². The minimum Gasteiger partial charge on any atom is -0.379 e. The van der Waals surface area contributed by atoms with Crippen LogP contribution < -0.4 is 10.6 Å². The van der Waals surface area contributed by atoms with Crippen LogP contribution in [0.15, 0.2) is 67.0 Å². The van der Waals surface area contributed by atoms with Crippen LogP contribution >= 0.6 is 0 Å². The Morgan fingerprint density at radius 2 is 1.85 bits per heavy atom. The van der Waals surface area contributed by atoms with Gasteiger partial charge in [-0.25, -0.2) is 4.39 Å². The third kappa shape index (κ3) is 4.86. The predicted molar refractivity (Wildman–Crippen MR) is 98.2 cm³/mol. The number of anilines is 1. The van der Waals surface area contributed by atoms with Gasteiger partial charge in [0.1, 0.15) is 11.5 Å². The third-order valence-electron chi connectivity index (χ3n) is 3.83. The first-order valence-electron chi connectivity index (χ1n) is 8.34. The molecule has 6 heteroatoms. The second kappa shape index (κ2) is 8.71. The highest BCUT2D eigenvalue weighted by atomic mass is 19.1. The molecular formula is C20H19FN4O. The van der Waals surface area contributed by atoms with Gasteiger partial charge in [-0.15, -0.1) is 0 Å². The van der Waals surface area contributed by atoms with Crippen LogP contribution in [0.25, 0.3) is 0 Å². The highest BCUT2D eigenvalue weighted by Crippen LogP contribution is 2.10. The van der Waals surface area contributed by atoms with Crippen LogP contribution in [0.4, 0.5) is 10.1 Å². The van der Waals surface area contributed by atoms with Crippen molar-refractivity contribution in [2.75, 3.05) is 11.9 Å². The Labute approximate surface area is 151 Å². The first-order valence-corrected chi connectivity index (χ1v) is 8.34. The molecule has 3 aromatic rings. The number of rotatable bonds is 7. The molecule has 2 N–H and O–H groups in total. The SMILES string of the molecule is O=C(NCCc1ccccc1F)c1cc(NCc2ccccn2)ccn1. The van der Waals surface area contributed by atoms with E-state index in [1.54, 1.807) is 42.7 Å². The lowest BCUT2D eigenvalue weighted by atomic mass is 10.1. The van der Waals surface area contributed by atoms with Gasteiger partial charge < -0.3 is 10.6 Å². The van der Waals surface area contributed by atoms with Crippen molar-refractivity contribution in [3.8, 4) is 0 Å². The smallest absolute Gasteiger partial charge is 0.269 e. The van der Waals surface area contributed by atoms with Gasteiger partial charge in [0.05, 0.1) is 12.2 Å². The summed E-state index contributed by atoms with van der Waals surface area (Å²) >= 11 is 0. The van der Waals surface area contributed by atoms with Crippen LogP contribution in [0.3, 0.4) is 0 Å². The van der Waals surface area contributed by atoms with Gasteiger partial charge in [-0.1, -0.05) is 24.3 Å². The van der Waals surface area contributed by atoms with Crippen molar-refractivity contribution in [1.82, 2.24) is 15.3 Å². The zero-order valence-corrected chi connectivity index (χ0v) is 14.2. The molecule has 0 bridgehead atoms. The Balaban J connectivity index is 1.53. The summed E-state index contributed by atoms with van der Waals surface area (Å²) in [6.07, 6.45) is 3.74. The molecule has 0 atom stereocenters. The van der Waals surface area contributed by atoms with Gasteiger partial charge in [0.15, 0.2) is 0 Å². The summed E-state index contributed by atoms with van der Waals surface area (Å²) in [5, 5.41) is 5.98. The van der Waals surface area contributed by atoms with Gasteiger partial charge in [-0.2, -0.15) is 0 Å². The lowest BCUT2D eigenvalue weighted by molar-refractivity contribution is 0.0949. The molecule has 1 amide bonds. The van der Waals surface area contributed by atoms with Gasteiger partial charge >= 0.3 is 0 Å². The maximum absolute atomic E-state index is 13.6. The highest BCUT2D eigenvalue weighted by molar-refractivity contribution is 5.93. The van der Waals surface area contributed by atoms with Gasteiger partial charge in [0, 0.05) is 24.6 Å². The fourth-order valence-corrected chi connectivity index (χ4v) is 2.46. The molecule has 0 spiro atoms. The van der Waals surface area contributed by atoms with Crippen LogP contribution in [0.5, 0.6) is 0 Å². The normalized spacial score (nSPS) is 10.3. The number of carbonyl (C=O) groups excluding carboxylic acids is 1. The maximum atomic E-state index is 13.6. The summed E-state index contributed by atoms with van der Waals surface area (Å²) in [4.78, 5) is 20.6. The van der Waals surface area contributed by atoms with Crippen LogP contribution in [-0.2, 0) is 13.0 Å². The minimum absolute atomic E-state index is 0.263. The molecule has 3 rings (SSSR count). The molecular weight excluding hydrogens is 331 g/mol. The van der Waals surface area contributed by atoms with Crippen molar-refractivity contribution >= 4 is 11.6 Å². The highest BCUT2D eigenvalue weighted by Gasteiger charge is 2.08. The zero-order valence-electron chi connectivity index (χ0n) is 14.2. The fourth-order valence-electron chi connectivity index (χ4n) is 2.46. The van der Waals surface area contributed by atoms with Crippen LogP contribution in [0.2, 0.25) is 0 Å². The monoisotopic (exact) mass is 350 g/mol. The molecule has 0 radical (unpaired) electrons. The molecule has 0 saturated carbocycles. The standard InChI is InChI=1S/C20H19FN4O/c21-18-7-2-1-5-15(18)8-11-24-20(26)19-13-16(9-12-23-19)25-14-17-6-3-4-10-22-17/h1-7,9-10,12-13H,8,11,14H2,(H,23,25)(H,24,26). The van der Waals surface area contributed by atoms with Gasteiger partial charge in [-0.05, 0) is 42.3 Å². The number of pyridine rings is 2. The van der Waals surface area contributed by atoms with Crippen molar-refractivity contribution in [3.05, 3.63) is 89.8 Å². The fraction of sp³-hybridized carbons (Fsp3) is 0.150. The number of hydrogen-bond donors (Lipinski definition) is 2. The number of amides is 1. The average Bonchev–Trinajstić information content (AvgIpc) is 2.69. The molecule has 1 aromatic carbocycles. The summed E-state index contributed by atoms with van der Waals surface area (Å²) in [6, 6.07) is 15.7. The van der Waals surface area contributed by atoms with E-state index in [1.807, 2.05) is 18.2 Å². The summed E-state index contributed by atoms with van der Waals surface area (Å²) in [5.41, 5.74) is 2.57. The number of nitrogens with one attached hydrogen (secondary N) is 2. The van der Waals surface area contributed by atoms with Crippen LogP contribution in [-0.4, -0.2) is 22.4 Å². The summed E-state index contributed by atoms with van der Waals surface area (Å²) in [7, 11) is 0. The predicted octanol–water partition coefficient (Wildman–Crippen LogP) is 3.20. The number of carbonyl (C=O) groups is 1. The van der Waals surface area contributed by atoms with Gasteiger partial charge in [-0.3, -0.25) is 14.8 Å². The molecule has 2 heterocycles. The Morgan fingerprint density at radius 1 is 1.00 bits per heavy atom. The maximum Gasteiger partial charge on any atom is 0.269 e. The molecule has 5 nitrogen and oxygen atoms in total. The van der Waals surface area contributed by atoms with E-state index in [2.05, 4.69) is 20.6 Å². The van der Waals surface area contributed by atoms with Crippen LogP contribution in [0.1, 0.15) is 21.7 Å². The van der Waals surface area contributed by atoms with E-state index >= 15 is 0 Å². The number of aromatic nitrogens is 2. The summed E-state index contributed by atoms with van der Waals surface area (Å²) in [5.74, 6) is -0.552. The second-order valence-electron chi connectivity index (χ2n) is 5.70. The molecule has 26 heavy (non-hydrogen) atoms. The first-order chi connectivity index (χ1) is 12.7. The Morgan fingerprint density at radius 3 is 2.65 bits per heavy atom. The quantitative estimate of drug-likeness (QED) is 0.687.